The van der Waals surface area contributed by atoms with Crippen LogP contribution in [0.15, 0.2) is 53.3 Å². The Bertz CT molecular complexity index is 679. The molecule has 3 aromatic rings. The normalized spacial score (nSPS) is 10.5. The summed E-state index contributed by atoms with van der Waals surface area (Å²) < 4.78 is 5.24. The second-order valence-electron chi connectivity index (χ2n) is 4.12. The molecular formula is C14H12N4O. The molecule has 19 heavy (non-hydrogen) atoms. The Labute approximate surface area is 110 Å². The van der Waals surface area contributed by atoms with Crippen molar-refractivity contribution >= 4 is 5.69 Å². The summed E-state index contributed by atoms with van der Waals surface area (Å²) in [7, 11) is 0. The molecule has 5 nitrogen and oxygen atoms in total. The lowest BCUT2D eigenvalue weighted by Crippen LogP contribution is -1.95. The van der Waals surface area contributed by atoms with Crippen molar-refractivity contribution in [2.45, 2.75) is 6.42 Å². The van der Waals surface area contributed by atoms with Crippen LogP contribution in [-0.2, 0) is 6.42 Å². The minimum absolute atomic E-state index is 0.532. The minimum Gasteiger partial charge on any atom is -0.398 e. The van der Waals surface area contributed by atoms with Crippen LogP contribution in [0.5, 0.6) is 0 Å². The number of nitrogens with two attached hydrogens (primary N) is 1. The second kappa shape index (κ2) is 4.89. The third-order valence-corrected chi connectivity index (χ3v) is 2.80. The van der Waals surface area contributed by atoms with E-state index in [1.807, 2.05) is 36.4 Å². The smallest absolute Gasteiger partial charge is 0.231 e. The Morgan fingerprint density at radius 3 is 2.63 bits per heavy atom. The number of nitrogen functional groups attached to an aromatic ring is 1. The molecule has 2 heterocycles. The van der Waals surface area contributed by atoms with Crippen LogP contribution in [0.2, 0.25) is 0 Å². The summed E-state index contributed by atoms with van der Waals surface area (Å²) in [5.41, 5.74) is 8.48. The van der Waals surface area contributed by atoms with Crippen molar-refractivity contribution in [1.82, 2.24) is 15.1 Å². The minimum atomic E-state index is 0.532. The maximum absolute atomic E-state index is 5.89. The molecule has 3 rings (SSSR count). The monoisotopic (exact) mass is 252 g/mol. The summed E-state index contributed by atoms with van der Waals surface area (Å²) in [6.45, 7) is 0. The highest BCUT2D eigenvalue weighted by atomic mass is 16.5. The molecule has 0 amide bonds. The fourth-order valence-corrected chi connectivity index (χ4v) is 1.80. The molecule has 0 unspecified atom stereocenters. The van der Waals surface area contributed by atoms with Crippen LogP contribution < -0.4 is 5.73 Å². The van der Waals surface area contributed by atoms with Crippen molar-refractivity contribution in [3.8, 4) is 11.4 Å². The van der Waals surface area contributed by atoms with E-state index in [1.165, 1.54) is 0 Å². The van der Waals surface area contributed by atoms with Crippen molar-refractivity contribution in [3.05, 3.63) is 60.2 Å². The average Bonchev–Trinajstić information content (AvgIpc) is 2.91. The number of pyridine rings is 1. The molecule has 0 bridgehead atoms. The predicted octanol–water partition coefficient (Wildman–Crippen LogP) is 2.30. The van der Waals surface area contributed by atoms with E-state index in [0.29, 0.717) is 18.1 Å². The third-order valence-electron chi connectivity index (χ3n) is 2.80. The lowest BCUT2D eigenvalue weighted by molar-refractivity contribution is 0.386. The van der Waals surface area contributed by atoms with Crippen molar-refractivity contribution in [2.24, 2.45) is 0 Å². The summed E-state index contributed by atoms with van der Waals surface area (Å²) in [5, 5.41) is 3.96. The molecule has 2 aromatic heterocycles. The number of aromatic nitrogens is 3. The average molecular weight is 252 g/mol. The van der Waals surface area contributed by atoms with Gasteiger partial charge in [-0.1, -0.05) is 23.4 Å². The number of benzene rings is 1. The molecule has 0 saturated heterocycles. The van der Waals surface area contributed by atoms with E-state index in [0.717, 1.165) is 16.8 Å². The highest BCUT2D eigenvalue weighted by Crippen LogP contribution is 2.18. The van der Waals surface area contributed by atoms with Crippen LogP contribution >= 0.6 is 0 Å². The highest BCUT2D eigenvalue weighted by molar-refractivity contribution is 5.53. The van der Waals surface area contributed by atoms with Crippen LogP contribution in [-0.4, -0.2) is 15.1 Å². The molecular weight excluding hydrogens is 240 g/mol. The Balaban J connectivity index is 1.85. The maximum atomic E-state index is 5.89. The largest absolute Gasteiger partial charge is 0.398 e. The summed E-state index contributed by atoms with van der Waals surface area (Å²) in [4.78, 5) is 8.31. The molecule has 0 aliphatic rings. The second-order valence-corrected chi connectivity index (χ2v) is 4.12. The molecule has 0 radical (unpaired) electrons. The molecule has 0 atom stereocenters. The molecule has 5 heteroatoms. The van der Waals surface area contributed by atoms with E-state index >= 15 is 0 Å². The van der Waals surface area contributed by atoms with Crippen molar-refractivity contribution in [2.75, 3.05) is 5.73 Å². The van der Waals surface area contributed by atoms with E-state index in [2.05, 4.69) is 15.1 Å². The molecule has 0 aliphatic carbocycles. The van der Waals surface area contributed by atoms with Gasteiger partial charge >= 0.3 is 0 Å². The summed E-state index contributed by atoms with van der Waals surface area (Å²) in [5.74, 6) is 1.11. The number of hydrogen-bond donors (Lipinski definition) is 1. The van der Waals surface area contributed by atoms with E-state index < -0.39 is 0 Å². The van der Waals surface area contributed by atoms with Gasteiger partial charge in [-0.25, -0.2) is 0 Å². The van der Waals surface area contributed by atoms with E-state index in [-0.39, 0.29) is 0 Å². The third kappa shape index (κ3) is 2.44. The topological polar surface area (TPSA) is 77.8 Å². The predicted molar refractivity (Wildman–Crippen MR) is 71.2 cm³/mol. The highest BCUT2D eigenvalue weighted by Gasteiger charge is 2.10. The van der Waals surface area contributed by atoms with E-state index in [4.69, 9.17) is 10.3 Å². The summed E-state index contributed by atoms with van der Waals surface area (Å²) >= 11 is 0. The summed E-state index contributed by atoms with van der Waals surface area (Å²) in [6.07, 6.45) is 3.92. The molecule has 0 saturated carbocycles. The van der Waals surface area contributed by atoms with Gasteiger partial charge in [0.1, 0.15) is 0 Å². The first-order chi connectivity index (χ1) is 9.33. The first-order valence-electron chi connectivity index (χ1n) is 5.89. The van der Waals surface area contributed by atoms with Gasteiger partial charge in [0.05, 0.1) is 6.42 Å². The number of anilines is 1. The molecule has 0 spiro atoms. The van der Waals surface area contributed by atoms with Gasteiger partial charge in [0, 0.05) is 23.6 Å². The lowest BCUT2D eigenvalue weighted by Gasteiger charge is -2.00. The fourth-order valence-electron chi connectivity index (χ4n) is 1.80. The van der Waals surface area contributed by atoms with Crippen molar-refractivity contribution < 1.29 is 4.52 Å². The molecule has 1 aromatic carbocycles. The zero-order valence-corrected chi connectivity index (χ0v) is 10.2. The number of hydrogen-bond acceptors (Lipinski definition) is 5. The zero-order valence-electron chi connectivity index (χ0n) is 10.2. The number of para-hydroxylation sites is 1. The van der Waals surface area contributed by atoms with Crippen LogP contribution in [0.4, 0.5) is 5.69 Å². The standard InChI is InChI=1S/C14H12N4O/c15-12-4-2-1-3-11(12)9-13-17-14(18-19-13)10-5-7-16-8-6-10/h1-8H,9,15H2. The van der Waals surface area contributed by atoms with Gasteiger partial charge < -0.3 is 10.3 Å². The number of nitrogens with zero attached hydrogens (tertiary/aromatic N) is 3. The number of rotatable bonds is 3. The van der Waals surface area contributed by atoms with Gasteiger partial charge in [-0.3, -0.25) is 4.98 Å². The van der Waals surface area contributed by atoms with E-state index in [1.54, 1.807) is 12.4 Å². The summed E-state index contributed by atoms with van der Waals surface area (Å²) in [6, 6.07) is 11.3. The van der Waals surface area contributed by atoms with Gasteiger partial charge in [-0.15, -0.1) is 0 Å². The van der Waals surface area contributed by atoms with Crippen LogP contribution in [0.25, 0.3) is 11.4 Å². The van der Waals surface area contributed by atoms with Crippen molar-refractivity contribution in [3.63, 3.8) is 0 Å². The van der Waals surface area contributed by atoms with Gasteiger partial charge in [0.25, 0.3) is 0 Å². The SMILES string of the molecule is Nc1ccccc1Cc1nc(-c2ccncc2)no1. The molecule has 2 N–H and O–H groups in total. The van der Waals surface area contributed by atoms with Gasteiger partial charge in [0.15, 0.2) is 0 Å². The molecule has 0 aliphatic heterocycles. The quantitative estimate of drug-likeness (QED) is 0.724. The fraction of sp³-hybridized carbons (Fsp3) is 0.0714. The van der Waals surface area contributed by atoms with Crippen LogP contribution in [0.1, 0.15) is 11.5 Å². The van der Waals surface area contributed by atoms with Crippen LogP contribution in [0, 0.1) is 0 Å². The Kier molecular flexibility index (Phi) is 2.94. The molecule has 94 valence electrons. The van der Waals surface area contributed by atoms with Gasteiger partial charge in [0.2, 0.25) is 11.7 Å². The van der Waals surface area contributed by atoms with Gasteiger partial charge in [-0.05, 0) is 23.8 Å². The Hall–Kier alpha value is -2.69. The van der Waals surface area contributed by atoms with Crippen molar-refractivity contribution in [1.29, 1.82) is 0 Å². The Morgan fingerprint density at radius 2 is 1.84 bits per heavy atom. The lowest BCUT2D eigenvalue weighted by atomic mass is 10.1. The van der Waals surface area contributed by atoms with Gasteiger partial charge in [-0.2, -0.15) is 4.98 Å². The van der Waals surface area contributed by atoms with E-state index in [9.17, 15) is 0 Å². The molecule has 0 fully saturated rings. The maximum Gasteiger partial charge on any atom is 0.231 e. The first-order valence-corrected chi connectivity index (χ1v) is 5.89. The first kappa shape index (κ1) is 11.4. The Morgan fingerprint density at radius 1 is 1.05 bits per heavy atom. The van der Waals surface area contributed by atoms with Crippen LogP contribution in [0.3, 0.4) is 0 Å². The zero-order chi connectivity index (χ0) is 13.1.